The van der Waals surface area contributed by atoms with E-state index in [0.29, 0.717) is 16.6 Å². The van der Waals surface area contributed by atoms with Gasteiger partial charge in [-0.25, -0.2) is 13.8 Å². The zero-order valence-electron chi connectivity index (χ0n) is 23.8. The lowest BCUT2D eigenvalue weighted by Crippen LogP contribution is -2.18. The second kappa shape index (κ2) is 12.4. The van der Waals surface area contributed by atoms with E-state index < -0.39 is 23.2 Å². The Morgan fingerprint density at radius 3 is 2.52 bits per heavy atom. The second-order valence-electron chi connectivity index (χ2n) is 11.8. The van der Waals surface area contributed by atoms with Crippen LogP contribution < -0.4 is 0 Å². The fraction of sp³-hybridized carbons (Fsp3) is 0.314. The molecule has 4 nitrogen and oxygen atoms in total. The van der Waals surface area contributed by atoms with Crippen molar-refractivity contribution < 1.29 is 23.8 Å². The molecule has 2 N–H and O–H groups in total. The van der Waals surface area contributed by atoms with E-state index in [4.69, 9.17) is 0 Å². The normalized spacial score (nSPS) is 15.3. The van der Waals surface area contributed by atoms with Gasteiger partial charge in [-0.3, -0.25) is 4.79 Å². The number of carbonyl (C=O) groups is 1. The van der Waals surface area contributed by atoms with E-state index in [-0.39, 0.29) is 17.1 Å². The highest BCUT2D eigenvalue weighted by molar-refractivity contribution is 7.99. The number of carboxylic acids is 1. The van der Waals surface area contributed by atoms with E-state index in [1.165, 1.54) is 0 Å². The maximum Gasteiger partial charge on any atom is 0.303 e. The predicted molar refractivity (Wildman–Crippen MR) is 166 cm³/mol. The number of pyridine rings is 1. The summed E-state index contributed by atoms with van der Waals surface area (Å²) in [6, 6.07) is 22.0. The van der Waals surface area contributed by atoms with Crippen LogP contribution in [-0.2, 0) is 16.8 Å². The first kappa shape index (κ1) is 29.9. The highest BCUT2D eigenvalue weighted by atomic mass is 32.2. The second-order valence-corrected chi connectivity index (χ2v) is 13.0. The summed E-state index contributed by atoms with van der Waals surface area (Å²) in [6.45, 7) is 3.60. The van der Waals surface area contributed by atoms with Crippen LogP contribution in [-0.4, -0.2) is 26.9 Å². The summed E-state index contributed by atoms with van der Waals surface area (Å²) in [4.78, 5) is 15.9. The number of aliphatic carboxylic acids is 1. The first-order valence-electron chi connectivity index (χ1n) is 14.2. The minimum Gasteiger partial charge on any atom is -0.481 e. The molecule has 0 saturated heterocycles. The number of nitrogens with zero attached hydrogens (tertiary/aromatic N) is 1. The average Bonchev–Trinajstić information content (AvgIpc) is 3.71. The number of fused-ring (bicyclic) bond motifs is 1. The van der Waals surface area contributed by atoms with Gasteiger partial charge in [-0.1, -0.05) is 60.7 Å². The van der Waals surface area contributed by atoms with Crippen LogP contribution in [0.3, 0.4) is 0 Å². The predicted octanol–water partition coefficient (Wildman–Crippen LogP) is 8.57. The smallest absolute Gasteiger partial charge is 0.303 e. The third-order valence-electron chi connectivity index (χ3n) is 7.91. The van der Waals surface area contributed by atoms with Gasteiger partial charge in [-0.05, 0) is 85.4 Å². The molecule has 1 fully saturated rings. The summed E-state index contributed by atoms with van der Waals surface area (Å²) in [6.07, 6.45) is 7.51. The van der Waals surface area contributed by atoms with Gasteiger partial charge >= 0.3 is 5.97 Å². The van der Waals surface area contributed by atoms with E-state index in [9.17, 15) is 23.8 Å². The number of rotatable bonds is 12. The number of benzene rings is 3. The first-order chi connectivity index (χ1) is 20.0. The Morgan fingerprint density at radius 2 is 1.79 bits per heavy atom. The van der Waals surface area contributed by atoms with E-state index >= 15 is 0 Å². The Balaban J connectivity index is 1.37. The summed E-state index contributed by atoms with van der Waals surface area (Å²) in [5, 5.41) is 20.8. The number of hydrogen-bond acceptors (Lipinski definition) is 4. The van der Waals surface area contributed by atoms with Crippen LogP contribution in [0.2, 0.25) is 0 Å². The molecule has 4 aromatic rings. The Kier molecular flexibility index (Phi) is 8.81. The van der Waals surface area contributed by atoms with Crippen molar-refractivity contribution in [1.82, 2.24) is 4.98 Å². The number of halogens is 2. The Bertz CT molecular complexity index is 1620. The van der Waals surface area contributed by atoms with Gasteiger partial charge in [0, 0.05) is 22.5 Å². The number of carboxylic acid groups (broad SMARTS) is 1. The van der Waals surface area contributed by atoms with Crippen molar-refractivity contribution in [3.63, 3.8) is 0 Å². The molecule has 1 unspecified atom stereocenters. The van der Waals surface area contributed by atoms with Crippen molar-refractivity contribution in [1.29, 1.82) is 0 Å². The van der Waals surface area contributed by atoms with Crippen LogP contribution >= 0.6 is 11.8 Å². The van der Waals surface area contributed by atoms with Crippen LogP contribution in [0.1, 0.15) is 72.7 Å². The summed E-state index contributed by atoms with van der Waals surface area (Å²) in [5.41, 5.74) is 4.12. The molecule has 0 bridgehead atoms. The number of aryl methyl sites for hydroxylation is 1. The first-order valence-corrected chi connectivity index (χ1v) is 15.2. The Morgan fingerprint density at radius 1 is 1.02 bits per heavy atom. The lowest BCUT2D eigenvalue weighted by molar-refractivity contribution is -0.138. The number of aliphatic hydroxyl groups is 1. The molecule has 0 spiro atoms. The highest BCUT2D eigenvalue weighted by Crippen LogP contribution is 2.53. The van der Waals surface area contributed by atoms with Crippen molar-refractivity contribution in [2.45, 2.75) is 56.8 Å². The molecule has 5 rings (SSSR count). The topological polar surface area (TPSA) is 70.4 Å². The molecular weight excluding hydrogens is 552 g/mol. The molecule has 7 heteroatoms. The monoisotopic (exact) mass is 587 g/mol. The fourth-order valence-corrected chi connectivity index (χ4v) is 6.96. The fourth-order valence-electron chi connectivity index (χ4n) is 5.39. The third kappa shape index (κ3) is 7.44. The minimum absolute atomic E-state index is 0.124. The molecule has 218 valence electrons. The van der Waals surface area contributed by atoms with E-state index in [0.717, 1.165) is 65.8 Å². The molecule has 0 radical (unpaired) electrons. The maximum absolute atomic E-state index is 13.7. The zero-order chi connectivity index (χ0) is 29.9. The lowest BCUT2D eigenvalue weighted by Gasteiger charge is -2.24. The molecule has 1 aliphatic rings. The van der Waals surface area contributed by atoms with Crippen molar-refractivity contribution in [3.05, 3.63) is 112 Å². The highest BCUT2D eigenvalue weighted by Gasteiger charge is 2.44. The van der Waals surface area contributed by atoms with Crippen molar-refractivity contribution in [2.24, 2.45) is 5.41 Å². The van der Waals surface area contributed by atoms with Gasteiger partial charge in [0.15, 0.2) is 11.6 Å². The number of thioether (sulfide) groups is 1. The third-order valence-corrected chi connectivity index (χ3v) is 9.60. The minimum atomic E-state index is -0.944. The molecule has 3 aromatic carbocycles. The Labute approximate surface area is 249 Å². The SMILES string of the molecule is CC(C)(O)c1ccccc1CCC(SCC1(CC(=O)O)CC1)c1cccc(/C=C/c2ccc3cc(F)c(F)cc3n2)c1. The molecule has 42 heavy (non-hydrogen) atoms. The van der Waals surface area contributed by atoms with Gasteiger partial charge in [-0.15, -0.1) is 0 Å². The van der Waals surface area contributed by atoms with Crippen LogP contribution in [0.15, 0.2) is 72.8 Å². The Hall–Kier alpha value is -3.55. The molecule has 0 aliphatic heterocycles. The lowest BCUT2D eigenvalue weighted by atomic mass is 9.90. The average molecular weight is 588 g/mol. The van der Waals surface area contributed by atoms with Crippen LogP contribution in [0.4, 0.5) is 8.78 Å². The van der Waals surface area contributed by atoms with E-state index in [1.807, 2.05) is 54.2 Å². The molecule has 1 heterocycles. The molecule has 0 amide bonds. The number of hydrogen-bond donors (Lipinski definition) is 2. The van der Waals surface area contributed by atoms with Gasteiger partial charge < -0.3 is 10.2 Å². The standard InChI is InChI=1S/C35H35F2NO3S/c1-34(2,41)28-9-4-3-7-24(28)12-15-32(42-22-35(16-17-35)21-33(39)40)26-8-5-6-23(18-26)10-13-27-14-11-25-19-29(36)30(37)20-31(25)38-27/h3-11,13-14,18-20,32,41H,12,15-17,21-22H2,1-2H3,(H,39,40)/b13-10+. The molecule has 1 aromatic heterocycles. The summed E-state index contributed by atoms with van der Waals surface area (Å²) < 4.78 is 27.3. The zero-order valence-corrected chi connectivity index (χ0v) is 24.6. The van der Waals surface area contributed by atoms with Crippen LogP contribution in [0.25, 0.3) is 23.1 Å². The largest absolute Gasteiger partial charge is 0.481 e. The maximum atomic E-state index is 13.7. The molecule has 1 atom stereocenters. The van der Waals surface area contributed by atoms with Gasteiger partial charge in [0.1, 0.15) is 0 Å². The van der Waals surface area contributed by atoms with E-state index in [2.05, 4.69) is 23.2 Å². The van der Waals surface area contributed by atoms with Crippen molar-refractivity contribution in [2.75, 3.05) is 5.75 Å². The molecular formula is C35H35F2NO3S. The van der Waals surface area contributed by atoms with Gasteiger partial charge in [0.05, 0.1) is 23.2 Å². The number of aromatic nitrogens is 1. The van der Waals surface area contributed by atoms with Crippen molar-refractivity contribution >= 4 is 40.8 Å². The quantitative estimate of drug-likeness (QED) is 0.174. The summed E-state index contributed by atoms with van der Waals surface area (Å²) in [7, 11) is 0. The van der Waals surface area contributed by atoms with Crippen LogP contribution in [0, 0.1) is 17.0 Å². The van der Waals surface area contributed by atoms with Gasteiger partial charge in [0.25, 0.3) is 0 Å². The van der Waals surface area contributed by atoms with Crippen molar-refractivity contribution in [3.8, 4) is 0 Å². The van der Waals surface area contributed by atoms with E-state index in [1.54, 1.807) is 26.0 Å². The van der Waals surface area contributed by atoms with Gasteiger partial charge in [-0.2, -0.15) is 11.8 Å². The summed E-state index contributed by atoms with van der Waals surface area (Å²) in [5.74, 6) is -1.77. The van der Waals surface area contributed by atoms with Gasteiger partial charge in [0.2, 0.25) is 0 Å². The van der Waals surface area contributed by atoms with Crippen LogP contribution in [0.5, 0.6) is 0 Å². The summed E-state index contributed by atoms with van der Waals surface area (Å²) >= 11 is 1.82. The molecule has 1 saturated carbocycles. The molecule has 1 aliphatic carbocycles.